The maximum atomic E-state index is 5.86. The average molecular weight is 405 g/mol. The Morgan fingerprint density at radius 2 is 1.77 bits per heavy atom. The highest BCUT2D eigenvalue weighted by molar-refractivity contribution is 5.79. The fourth-order valence-corrected chi connectivity index (χ4v) is 2.87. The maximum Gasteiger partial charge on any atom is 0.193 e. The molecule has 3 rings (SSSR count). The van der Waals surface area contributed by atoms with Crippen molar-refractivity contribution >= 4 is 5.96 Å². The summed E-state index contributed by atoms with van der Waals surface area (Å²) in [4.78, 5) is 10.7. The number of nitrogens with zero attached hydrogens (tertiary/aromatic N) is 3. The normalized spacial score (nSPS) is 11.1. The molecule has 6 heteroatoms. The van der Waals surface area contributed by atoms with Gasteiger partial charge in [0.25, 0.3) is 0 Å². The summed E-state index contributed by atoms with van der Waals surface area (Å²) in [6.45, 7) is 2.40. The molecule has 6 nitrogen and oxygen atoms in total. The van der Waals surface area contributed by atoms with Gasteiger partial charge >= 0.3 is 0 Å². The molecule has 30 heavy (non-hydrogen) atoms. The van der Waals surface area contributed by atoms with Gasteiger partial charge in [-0.15, -0.1) is 0 Å². The highest BCUT2D eigenvalue weighted by atomic mass is 16.5. The number of pyridine rings is 1. The van der Waals surface area contributed by atoms with E-state index in [0.717, 1.165) is 35.3 Å². The number of guanidine groups is 1. The van der Waals surface area contributed by atoms with Gasteiger partial charge in [-0.3, -0.25) is 9.98 Å². The second kappa shape index (κ2) is 11.5. The molecular formula is C24H28N4O2. The van der Waals surface area contributed by atoms with Crippen molar-refractivity contribution in [3.8, 4) is 11.5 Å². The molecule has 0 aliphatic rings. The smallest absolute Gasteiger partial charge is 0.193 e. The molecule has 1 N–H and O–H groups in total. The molecule has 3 aromatic rings. The third-order valence-electron chi connectivity index (χ3n) is 4.47. The summed E-state index contributed by atoms with van der Waals surface area (Å²) in [7, 11) is 3.78. The van der Waals surface area contributed by atoms with Crippen LogP contribution >= 0.6 is 0 Å². The van der Waals surface area contributed by atoms with Crippen LogP contribution in [0.15, 0.2) is 84.0 Å². The van der Waals surface area contributed by atoms with Crippen molar-refractivity contribution in [1.82, 2.24) is 15.2 Å². The Hall–Kier alpha value is -3.54. The Morgan fingerprint density at radius 1 is 0.967 bits per heavy atom. The van der Waals surface area contributed by atoms with Crippen LogP contribution in [0.5, 0.6) is 11.5 Å². The highest BCUT2D eigenvalue weighted by Gasteiger charge is 2.07. The molecule has 1 heterocycles. The van der Waals surface area contributed by atoms with Gasteiger partial charge in [0.15, 0.2) is 5.96 Å². The van der Waals surface area contributed by atoms with Crippen molar-refractivity contribution in [3.05, 3.63) is 90.3 Å². The van der Waals surface area contributed by atoms with Gasteiger partial charge in [-0.25, -0.2) is 0 Å². The Balaban J connectivity index is 1.45. The van der Waals surface area contributed by atoms with Crippen LogP contribution in [-0.2, 0) is 13.2 Å². The summed E-state index contributed by atoms with van der Waals surface area (Å²) in [5, 5.41) is 3.39. The summed E-state index contributed by atoms with van der Waals surface area (Å²) in [5.41, 5.74) is 2.02. The minimum atomic E-state index is 0.448. The number of nitrogens with one attached hydrogen (secondary N) is 1. The Morgan fingerprint density at radius 3 is 2.53 bits per heavy atom. The first-order valence-corrected chi connectivity index (χ1v) is 9.96. The molecule has 0 atom stereocenters. The lowest BCUT2D eigenvalue weighted by atomic mass is 10.2. The molecule has 1 aromatic heterocycles. The van der Waals surface area contributed by atoms with Crippen molar-refractivity contribution in [2.75, 3.05) is 27.2 Å². The van der Waals surface area contributed by atoms with Crippen molar-refractivity contribution in [1.29, 1.82) is 0 Å². The van der Waals surface area contributed by atoms with E-state index >= 15 is 0 Å². The van der Waals surface area contributed by atoms with Gasteiger partial charge in [-0.05, 0) is 42.0 Å². The van der Waals surface area contributed by atoms with E-state index in [-0.39, 0.29) is 0 Å². The zero-order chi connectivity index (χ0) is 21.0. The van der Waals surface area contributed by atoms with Gasteiger partial charge in [0.05, 0.1) is 12.2 Å². The summed E-state index contributed by atoms with van der Waals surface area (Å²) in [6.07, 6.45) is 1.77. The molecular weight excluding hydrogens is 376 g/mol. The van der Waals surface area contributed by atoms with Gasteiger partial charge in [0.2, 0.25) is 0 Å². The maximum absolute atomic E-state index is 5.86. The molecule has 0 amide bonds. The summed E-state index contributed by atoms with van der Waals surface area (Å²) >= 11 is 0. The Kier molecular flexibility index (Phi) is 8.09. The first kappa shape index (κ1) is 21.2. The molecule has 0 aliphatic carbocycles. The number of aliphatic imine (C=N–C) groups is 1. The summed E-state index contributed by atoms with van der Waals surface area (Å²) < 4.78 is 11.6. The van der Waals surface area contributed by atoms with Gasteiger partial charge in [0, 0.05) is 26.8 Å². The van der Waals surface area contributed by atoms with Crippen LogP contribution in [0, 0.1) is 0 Å². The summed E-state index contributed by atoms with van der Waals surface area (Å²) in [5.74, 6) is 2.50. The number of likely N-dealkylation sites (N-methyl/N-ethyl adjacent to an activating group) is 1. The quantitative estimate of drug-likeness (QED) is 0.435. The molecule has 0 saturated heterocycles. The van der Waals surface area contributed by atoms with Crippen molar-refractivity contribution in [2.45, 2.75) is 13.2 Å². The molecule has 0 saturated carbocycles. The second-order valence-corrected chi connectivity index (χ2v) is 6.74. The largest absolute Gasteiger partial charge is 0.492 e. The number of hydrogen-bond acceptors (Lipinski definition) is 4. The molecule has 0 unspecified atom stereocenters. The predicted molar refractivity (Wildman–Crippen MR) is 120 cm³/mol. The molecule has 0 aliphatic heterocycles. The number of benzene rings is 2. The second-order valence-electron chi connectivity index (χ2n) is 6.74. The van der Waals surface area contributed by atoms with Gasteiger partial charge in [-0.2, -0.15) is 0 Å². The topological polar surface area (TPSA) is 59.0 Å². The van der Waals surface area contributed by atoms with Crippen LogP contribution in [0.3, 0.4) is 0 Å². The zero-order valence-corrected chi connectivity index (χ0v) is 17.5. The van der Waals surface area contributed by atoms with Crippen LogP contribution in [0.25, 0.3) is 0 Å². The van der Waals surface area contributed by atoms with E-state index < -0.39 is 0 Å². The van der Waals surface area contributed by atoms with Crippen LogP contribution in [-0.4, -0.2) is 43.1 Å². The van der Waals surface area contributed by atoms with Crippen molar-refractivity contribution in [2.24, 2.45) is 4.99 Å². The monoisotopic (exact) mass is 404 g/mol. The van der Waals surface area contributed by atoms with E-state index in [1.165, 1.54) is 0 Å². The van der Waals surface area contributed by atoms with E-state index in [1.54, 1.807) is 13.2 Å². The first-order chi connectivity index (χ1) is 14.7. The Labute approximate surface area is 178 Å². The van der Waals surface area contributed by atoms with E-state index in [2.05, 4.69) is 21.4 Å². The minimum absolute atomic E-state index is 0.448. The first-order valence-electron chi connectivity index (χ1n) is 9.96. The number of para-hydroxylation sites is 1. The van der Waals surface area contributed by atoms with Crippen molar-refractivity contribution in [3.63, 3.8) is 0 Å². The molecule has 0 spiro atoms. The van der Waals surface area contributed by atoms with E-state index in [1.807, 2.05) is 78.7 Å². The third-order valence-corrected chi connectivity index (χ3v) is 4.47. The standard InChI is InChI=1S/C24H28N4O2/c1-25-24(28(2)15-16-29-22-11-4-3-5-12-22)27-18-20-9-8-13-23(17-20)30-19-21-10-6-7-14-26-21/h3-14,17H,15-16,18-19H2,1-2H3,(H,25,27). The molecule has 0 fully saturated rings. The Bertz CT molecular complexity index is 917. The fraction of sp³-hybridized carbons (Fsp3) is 0.250. The van der Waals surface area contributed by atoms with Crippen molar-refractivity contribution < 1.29 is 9.47 Å². The van der Waals surface area contributed by atoms with Crippen LogP contribution in [0.1, 0.15) is 11.3 Å². The van der Waals surface area contributed by atoms with E-state index in [4.69, 9.17) is 9.47 Å². The average Bonchev–Trinajstić information content (AvgIpc) is 2.80. The highest BCUT2D eigenvalue weighted by Crippen LogP contribution is 2.15. The van der Waals surface area contributed by atoms with Gasteiger partial charge in [0.1, 0.15) is 24.7 Å². The summed E-state index contributed by atoms with van der Waals surface area (Å²) in [6, 6.07) is 23.7. The third kappa shape index (κ3) is 6.81. The van der Waals surface area contributed by atoms with Gasteiger partial charge in [-0.1, -0.05) is 36.4 Å². The lowest BCUT2D eigenvalue weighted by molar-refractivity contribution is 0.281. The molecule has 156 valence electrons. The molecule has 0 bridgehead atoms. The number of ether oxygens (including phenoxy) is 2. The zero-order valence-electron chi connectivity index (χ0n) is 17.5. The lowest BCUT2D eigenvalue weighted by Crippen LogP contribution is -2.40. The predicted octanol–water partition coefficient (Wildman–Crippen LogP) is 3.75. The van der Waals surface area contributed by atoms with Crippen LogP contribution < -0.4 is 14.8 Å². The number of aromatic nitrogens is 1. The van der Waals surface area contributed by atoms with E-state index in [9.17, 15) is 0 Å². The number of rotatable bonds is 9. The minimum Gasteiger partial charge on any atom is -0.492 e. The fourth-order valence-electron chi connectivity index (χ4n) is 2.87. The van der Waals surface area contributed by atoms with Crippen LogP contribution in [0.2, 0.25) is 0 Å². The lowest BCUT2D eigenvalue weighted by Gasteiger charge is -2.22. The molecule has 0 radical (unpaired) electrons. The SMILES string of the molecule is CN=C(NCc1cccc(OCc2ccccn2)c1)N(C)CCOc1ccccc1. The molecule has 2 aromatic carbocycles. The van der Waals surface area contributed by atoms with Crippen LogP contribution in [0.4, 0.5) is 0 Å². The van der Waals surface area contributed by atoms with E-state index in [0.29, 0.717) is 19.8 Å². The van der Waals surface area contributed by atoms with Gasteiger partial charge < -0.3 is 19.7 Å². The number of hydrogen-bond donors (Lipinski definition) is 1.